The van der Waals surface area contributed by atoms with E-state index >= 15 is 0 Å². The number of nitro benzene ring substituents is 1. The molecule has 0 atom stereocenters. The second-order valence-electron chi connectivity index (χ2n) is 7.95. The van der Waals surface area contributed by atoms with Gasteiger partial charge in [-0.05, 0) is 73.2 Å². The normalized spacial score (nSPS) is 10.8. The standard InChI is InChI=1S/C26H18N4O5S/c1-15-5-10-22-20(13-15)28-25(35-22)16-6-8-18(9-7-16)27-26(36)29-24(31)23-12-11-21(34-23)17-3-2-4-19(14-17)30(32)33/h2-14H,1H3,(H2,27,29,31,36). The van der Waals surface area contributed by atoms with Gasteiger partial charge in [0.15, 0.2) is 16.5 Å². The minimum Gasteiger partial charge on any atom is -0.451 e. The number of oxazole rings is 1. The first-order valence-corrected chi connectivity index (χ1v) is 11.2. The van der Waals surface area contributed by atoms with Gasteiger partial charge in [0.05, 0.1) is 4.92 Å². The molecule has 2 N–H and O–H groups in total. The molecule has 36 heavy (non-hydrogen) atoms. The van der Waals surface area contributed by atoms with E-state index < -0.39 is 10.8 Å². The third-order valence-electron chi connectivity index (χ3n) is 5.33. The molecule has 178 valence electrons. The topological polar surface area (TPSA) is 123 Å². The molecule has 3 aromatic carbocycles. The Kier molecular flexibility index (Phi) is 6.01. The Hall–Kier alpha value is -4.83. The number of furan rings is 1. The largest absolute Gasteiger partial charge is 0.451 e. The Balaban J connectivity index is 1.22. The molecule has 2 aromatic heterocycles. The molecule has 0 aliphatic heterocycles. The first kappa shape index (κ1) is 22.9. The van der Waals surface area contributed by atoms with Crippen LogP contribution in [0.2, 0.25) is 0 Å². The van der Waals surface area contributed by atoms with Crippen molar-refractivity contribution in [3.63, 3.8) is 0 Å². The van der Waals surface area contributed by atoms with Gasteiger partial charge in [0.1, 0.15) is 11.3 Å². The van der Waals surface area contributed by atoms with Gasteiger partial charge in [-0.3, -0.25) is 20.2 Å². The molecule has 0 fully saturated rings. The highest BCUT2D eigenvalue weighted by molar-refractivity contribution is 7.80. The summed E-state index contributed by atoms with van der Waals surface area (Å²) in [5.41, 5.74) is 4.49. The lowest BCUT2D eigenvalue weighted by molar-refractivity contribution is -0.384. The Morgan fingerprint density at radius 3 is 2.56 bits per heavy atom. The second kappa shape index (κ2) is 9.43. The minimum atomic E-state index is -0.553. The molecule has 0 saturated carbocycles. The highest BCUT2D eigenvalue weighted by Gasteiger charge is 2.16. The summed E-state index contributed by atoms with van der Waals surface area (Å²) < 4.78 is 11.4. The average molecular weight is 499 g/mol. The van der Waals surface area contributed by atoms with Gasteiger partial charge < -0.3 is 14.2 Å². The van der Waals surface area contributed by atoms with Crippen LogP contribution >= 0.6 is 12.2 Å². The number of carbonyl (C=O) groups excluding carboxylic acids is 1. The molecule has 0 radical (unpaired) electrons. The van der Waals surface area contributed by atoms with Gasteiger partial charge in [0.2, 0.25) is 5.89 Å². The Morgan fingerprint density at radius 2 is 1.78 bits per heavy atom. The molecule has 5 rings (SSSR count). The third kappa shape index (κ3) is 4.84. The van der Waals surface area contributed by atoms with E-state index in [4.69, 9.17) is 21.1 Å². The molecule has 0 spiro atoms. The lowest BCUT2D eigenvalue weighted by atomic mass is 10.1. The highest BCUT2D eigenvalue weighted by atomic mass is 32.1. The first-order valence-electron chi connectivity index (χ1n) is 10.8. The van der Waals surface area contributed by atoms with Crippen molar-refractivity contribution >= 4 is 45.7 Å². The number of aryl methyl sites for hydroxylation is 1. The van der Waals surface area contributed by atoms with Gasteiger partial charge in [0, 0.05) is 28.9 Å². The van der Waals surface area contributed by atoms with E-state index in [1.807, 2.05) is 37.3 Å². The van der Waals surface area contributed by atoms with Crippen molar-refractivity contribution in [3.05, 3.63) is 100 Å². The first-order chi connectivity index (χ1) is 17.4. The number of nitrogens with one attached hydrogen (secondary N) is 2. The van der Waals surface area contributed by atoms with Crippen LogP contribution in [-0.4, -0.2) is 20.9 Å². The van der Waals surface area contributed by atoms with Gasteiger partial charge in [-0.25, -0.2) is 4.98 Å². The van der Waals surface area contributed by atoms with Crippen molar-refractivity contribution in [2.75, 3.05) is 5.32 Å². The molecule has 0 bridgehead atoms. The fraction of sp³-hybridized carbons (Fsp3) is 0.0385. The number of hydrogen-bond donors (Lipinski definition) is 2. The summed E-state index contributed by atoms with van der Waals surface area (Å²) in [4.78, 5) is 27.6. The minimum absolute atomic E-state index is 0.0159. The van der Waals surface area contributed by atoms with Gasteiger partial charge in [-0.1, -0.05) is 18.2 Å². The molecule has 1 amide bonds. The zero-order valence-electron chi connectivity index (χ0n) is 18.8. The molecule has 0 saturated heterocycles. The van der Waals surface area contributed by atoms with E-state index in [0.29, 0.717) is 28.5 Å². The van der Waals surface area contributed by atoms with Crippen LogP contribution in [0.5, 0.6) is 0 Å². The van der Waals surface area contributed by atoms with Crippen LogP contribution in [0.4, 0.5) is 11.4 Å². The summed E-state index contributed by atoms with van der Waals surface area (Å²) in [5.74, 6) is 0.299. The van der Waals surface area contributed by atoms with Crippen LogP contribution in [0.1, 0.15) is 16.1 Å². The van der Waals surface area contributed by atoms with Crippen LogP contribution in [0.3, 0.4) is 0 Å². The van der Waals surface area contributed by atoms with Crippen LogP contribution < -0.4 is 10.6 Å². The van der Waals surface area contributed by atoms with Gasteiger partial charge in [-0.15, -0.1) is 0 Å². The molecule has 9 nitrogen and oxygen atoms in total. The van der Waals surface area contributed by atoms with Crippen molar-refractivity contribution in [2.45, 2.75) is 6.92 Å². The van der Waals surface area contributed by atoms with Crippen LogP contribution in [0, 0.1) is 17.0 Å². The lowest BCUT2D eigenvalue weighted by Gasteiger charge is -2.09. The van der Waals surface area contributed by atoms with Crippen molar-refractivity contribution in [2.24, 2.45) is 0 Å². The lowest BCUT2D eigenvalue weighted by Crippen LogP contribution is -2.33. The molecule has 10 heteroatoms. The summed E-state index contributed by atoms with van der Waals surface area (Å²) >= 11 is 5.25. The third-order valence-corrected chi connectivity index (χ3v) is 5.54. The number of non-ortho nitro benzene ring substituents is 1. The maximum Gasteiger partial charge on any atom is 0.293 e. The number of aromatic nitrogens is 1. The van der Waals surface area contributed by atoms with E-state index in [1.54, 1.807) is 30.3 Å². The number of hydrogen-bond acceptors (Lipinski definition) is 7. The Morgan fingerprint density at radius 1 is 0.972 bits per heavy atom. The second-order valence-corrected chi connectivity index (χ2v) is 8.36. The predicted octanol–water partition coefficient (Wildman–Crippen LogP) is 6.10. The summed E-state index contributed by atoms with van der Waals surface area (Å²) in [6.07, 6.45) is 0. The smallest absolute Gasteiger partial charge is 0.293 e. The molecule has 0 aliphatic carbocycles. The average Bonchev–Trinajstić information content (AvgIpc) is 3.52. The zero-order chi connectivity index (χ0) is 25.2. The maximum atomic E-state index is 12.6. The fourth-order valence-electron chi connectivity index (χ4n) is 3.57. The van der Waals surface area contributed by atoms with Crippen LogP contribution in [-0.2, 0) is 0 Å². The molecular weight excluding hydrogens is 480 g/mol. The van der Waals surface area contributed by atoms with Crippen LogP contribution in [0.15, 0.2) is 87.7 Å². The SMILES string of the molecule is Cc1ccc2oc(-c3ccc(NC(=S)NC(=O)c4ccc(-c5cccc([N+](=O)[O-])c5)o4)cc3)nc2c1. The van der Waals surface area contributed by atoms with E-state index in [9.17, 15) is 14.9 Å². The summed E-state index contributed by atoms with van der Waals surface area (Å²) in [5, 5.41) is 16.6. The van der Waals surface area contributed by atoms with E-state index in [0.717, 1.165) is 16.6 Å². The number of nitrogens with zero attached hydrogens (tertiary/aromatic N) is 2. The van der Waals surface area contributed by atoms with E-state index in [1.165, 1.54) is 18.2 Å². The molecule has 2 heterocycles. The number of benzene rings is 3. The molecule has 5 aromatic rings. The number of amides is 1. The number of fused-ring (bicyclic) bond motifs is 1. The molecule has 0 unspecified atom stereocenters. The molecular formula is C26H18N4O5S. The summed E-state index contributed by atoms with van der Waals surface area (Å²) in [6.45, 7) is 2.00. The van der Waals surface area contributed by atoms with Gasteiger partial charge in [-0.2, -0.15) is 0 Å². The maximum absolute atomic E-state index is 12.6. The number of thiocarbonyl (C=S) groups is 1. The number of nitro groups is 1. The highest BCUT2D eigenvalue weighted by Crippen LogP contribution is 2.27. The monoisotopic (exact) mass is 498 g/mol. The van der Waals surface area contributed by atoms with Gasteiger partial charge in [0.25, 0.3) is 11.6 Å². The van der Waals surface area contributed by atoms with Crippen molar-refractivity contribution < 1.29 is 18.6 Å². The summed E-state index contributed by atoms with van der Waals surface area (Å²) in [6, 6.07) is 22.1. The van der Waals surface area contributed by atoms with Gasteiger partial charge >= 0.3 is 0 Å². The fourth-order valence-corrected chi connectivity index (χ4v) is 3.78. The Labute approximate surface area is 209 Å². The number of anilines is 1. The van der Waals surface area contributed by atoms with E-state index in [-0.39, 0.29) is 16.6 Å². The summed E-state index contributed by atoms with van der Waals surface area (Å²) in [7, 11) is 0. The quantitative estimate of drug-likeness (QED) is 0.169. The Bertz CT molecular complexity index is 1620. The van der Waals surface area contributed by atoms with E-state index in [2.05, 4.69) is 15.6 Å². The number of carbonyl (C=O) groups is 1. The number of rotatable bonds is 5. The van der Waals surface area contributed by atoms with Crippen LogP contribution in [0.25, 0.3) is 33.9 Å². The van der Waals surface area contributed by atoms with Crippen molar-refractivity contribution in [3.8, 4) is 22.8 Å². The van der Waals surface area contributed by atoms with Crippen molar-refractivity contribution in [1.82, 2.24) is 10.3 Å². The zero-order valence-corrected chi connectivity index (χ0v) is 19.7. The molecule has 0 aliphatic rings. The van der Waals surface area contributed by atoms with Crippen molar-refractivity contribution in [1.29, 1.82) is 0 Å². The predicted molar refractivity (Wildman–Crippen MR) is 139 cm³/mol.